The molecule has 1 N–H and O–H groups in total. The number of carbonyl (C=O) groups is 2. The predicted molar refractivity (Wildman–Crippen MR) is 88.5 cm³/mol. The van der Waals surface area contributed by atoms with E-state index in [1.54, 1.807) is 18.2 Å². The molecule has 0 aromatic heterocycles. The molecule has 2 amide bonds. The van der Waals surface area contributed by atoms with Gasteiger partial charge in [-0.2, -0.15) is 0 Å². The van der Waals surface area contributed by atoms with E-state index in [9.17, 15) is 22.4 Å². The highest BCUT2D eigenvalue weighted by molar-refractivity contribution is 7.89. The van der Waals surface area contributed by atoms with Gasteiger partial charge in [-0.25, -0.2) is 17.1 Å². The molecule has 25 heavy (non-hydrogen) atoms. The fourth-order valence-electron chi connectivity index (χ4n) is 2.67. The monoisotopic (exact) mass is 362 g/mol. The van der Waals surface area contributed by atoms with Gasteiger partial charge in [0, 0.05) is 12.1 Å². The molecule has 1 saturated heterocycles. The number of halogens is 1. The van der Waals surface area contributed by atoms with Crippen molar-refractivity contribution in [1.29, 1.82) is 0 Å². The fourth-order valence-corrected chi connectivity index (χ4v) is 4.29. The Labute approximate surface area is 144 Å². The maximum absolute atomic E-state index is 12.9. The van der Waals surface area contributed by atoms with E-state index < -0.39 is 33.7 Å². The zero-order valence-electron chi connectivity index (χ0n) is 13.1. The quantitative estimate of drug-likeness (QED) is 0.903. The van der Waals surface area contributed by atoms with Gasteiger partial charge >= 0.3 is 0 Å². The van der Waals surface area contributed by atoms with E-state index in [4.69, 9.17) is 0 Å². The molecule has 0 saturated carbocycles. The number of rotatable bonds is 4. The van der Waals surface area contributed by atoms with Crippen LogP contribution < -0.4 is 5.32 Å². The van der Waals surface area contributed by atoms with Crippen LogP contribution in [0.25, 0.3) is 0 Å². The molecule has 0 aliphatic carbocycles. The maximum atomic E-state index is 12.9. The van der Waals surface area contributed by atoms with E-state index in [0.29, 0.717) is 9.99 Å². The van der Waals surface area contributed by atoms with Gasteiger partial charge in [-0.1, -0.05) is 18.2 Å². The summed E-state index contributed by atoms with van der Waals surface area (Å²) in [5.41, 5.74) is 0.322. The van der Waals surface area contributed by atoms with Gasteiger partial charge in [0.05, 0.1) is 4.90 Å². The Morgan fingerprint density at radius 2 is 1.72 bits per heavy atom. The molecule has 2 aromatic rings. The molecule has 8 heteroatoms. The molecule has 6 nitrogen and oxygen atoms in total. The van der Waals surface area contributed by atoms with Gasteiger partial charge in [0.1, 0.15) is 11.9 Å². The molecule has 1 aliphatic rings. The summed E-state index contributed by atoms with van der Waals surface area (Å²) in [6, 6.07) is 11.4. The van der Waals surface area contributed by atoms with Crippen molar-refractivity contribution in [2.24, 2.45) is 0 Å². The number of carbonyl (C=O) groups excluding carboxylic acids is 2. The van der Waals surface area contributed by atoms with Crippen molar-refractivity contribution in [2.45, 2.75) is 23.8 Å². The third-order valence-electron chi connectivity index (χ3n) is 3.87. The second kappa shape index (κ2) is 6.64. The van der Waals surface area contributed by atoms with E-state index in [0.717, 1.165) is 0 Å². The lowest BCUT2D eigenvalue weighted by Crippen LogP contribution is -2.45. The molecule has 1 aliphatic heterocycles. The van der Waals surface area contributed by atoms with E-state index >= 15 is 0 Å². The standard InChI is InChI=1S/C17H15FN2O4S/c18-12-6-8-13(9-7-12)19-17(22)15-10-11-16(21)20(15)25(23,24)14-4-2-1-3-5-14/h1-9,15H,10-11H2,(H,19,22). The molecule has 1 unspecified atom stereocenters. The maximum Gasteiger partial charge on any atom is 0.267 e. The first-order valence-electron chi connectivity index (χ1n) is 7.58. The number of nitrogens with one attached hydrogen (secondary N) is 1. The molecule has 130 valence electrons. The van der Waals surface area contributed by atoms with Crippen LogP contribution in [0, 0.1) is 5.82 Å². The van der Waals surface area contributed by atoms with E-state index in [1.165, 1.54) is 36.4 Å². The molecular formula is C17H15FN2O4S. The van der Waals surface area contributed by atoms with Crippen molar-refractivity contribution in [1.82, 2.24) is 4.31 Å². The Bertz CT molecular complexity index is 898. The Morgan fingerprint density at radius 3 is 2.36 bits per heavy atom. The zero-order chi connectivity index (χ0) is 18.0. The van der Waals surface area contributed by atoms with Gasteiger partial charge in [0.25, 0.3) is 10.0 Å². The van der Waals surface area contributed by atoms with Gasteiger partial charge < -0.3 is 5.32 Å². The van der Waals surface area contributed by atoms with Crippen molar-refractivity contribution >= 4 is 27.5 Å². The number of sulfonamides is 1. The van der Waals surface area contributed by atoms with Gasteiger partial charge in [-0.15, -0.1) is 0 Å². The van der Waals surface area contributed by atoms with Gasteiger partial charge in [0.15, 0.2) is 0 Å². The average molecular weight is 362 g/mol. The molecular weight excluding hydrogens is 347 g/mol. The Kier molecular flexibility index (Phi) is 4.54. The third kappa shape index (κ3) is 3.39. The Hall–Kier alpha value is -2.74. The van der Waals surface area contributed by atoms with Crippen LogP contribution in [0.5, 0.6) is 0 Å². The van der Waals surface area contributed by atoms with Crippen LogP contribution in [0.15, 0.2) is 59.5 Å². The van der Waals surface area contributed by atoms with Crippen LogP contribution in [0.4, 0.5) is 10.1 Å². The molecule has 0 spiro atoms. The predicted octanol–water partition coefficient (Wildman–Crippen LogP) is 2.14. The minimum atomic E-state index is -4.12. The lowest BCUT2D eigenvalue weighted by molar-refractivity contribution is -0.128. The minimum Gasteiger partial charge on any atom is -0.324 e. The largest absolute Gasteiger partial charge is 0.324 e. The molecule has 3 rings (SSSR count). The summed E-state index contributed by atoms with van der Waals surface area (Å²) in [7, 11) is -4.12. The topological polar surface area (TPSA) is 83.6 Å². The van der Waals surface area contributed by atoms with Crippen molar-refractivity contribution in [2.75, 3.05) is 5.32 Å². The van der Waals surface area contributed by atoms with Crippen LogP contribution in [-0.2, 0) is 19.6 Å². The minimum absolute atomic E-state index is 0.0342. The Morgan fingerprint density at radius 1 is 1.08 bits per heavy atom. The molecule has 2 aromatic carbocycles. The second-order valence-electron chi connectivity index (χ2n) is 5.56. The third-order valence-corrected chi connectivity index (χ3v) is 5.72. The molecule has 0 bridgehead atoms. The number of nitrogens with zero attached hydrogens (tertiary/aromatic N) is 1. The van der Waals surface area contributed by atoms with Crippen LogP contribution in [-0.4, -0.2) is 30.6 Å². The summed E-state index contributed by atoms with van der Waals surface area (Å²) in [6.07, 6.45) is 0.0610. The number of benzene rings is 2. The summed E-state index contributed by atoms with van der Waals surface area (Å²) in [4.78, 5) is 24.5. The first kappa shape index (κ1) is 17.1. The van der Waals surface area contributed by atoms with Crippen LogP contribution in [0.3, 0.4) is 0 Å². The highest BCUT2D eigenvalue weighted by Crippen LogP contribution is 2.28. The first-order valence-corrected chi connectivity index (χ1v) is 9.02. The highest BCUT2D eigenvalue weighted by atomic mass is 32.2. The number of hydrogen-bond acceptors (Lipinski definition) is 4. The molecule has 1 fully saturated rings. The number of hydrogen-bond donors (Lipinski definition) is 1. The zero-order valence-corrected chi connectivity index (χ0v) is 13.9. The summed E-state index contributed by atoms with van der Waals surface area (Å²) in [5.74, 6) is -1.71. The lowest BCUT2D eigenvalue weighted by atomic mass is 10.2. The summed E-state index contributed by atoms with van der Waals surface area (Å²) in [5, 5.41) is 2.52. The smallest absolute Gasteiger partial charge is 0.267 e. The molecule has 1 atom stereocenters. The van der Waals surface area contributed by atoms with Crippen molar-refractivity contribution < 1.29 is 22.4 Å². The van der Waals surface area contributed by atoms with Crippen LogP contribution >= 0.6 is 0 Å². The second-order valence-corrected chi connectivity index (χ2v) is 7.37. The average Bonchev–Trinajstić information content (AvgIpc) is 3.00. The summed E-state index contributed by atoms with van der Waals surface area (Å²) < 4.78 is 39.0. The van der Waals surface area contributed by atoms with Crippen molar-refractivity contribution in [3.05, 3.63) is 60.4 Å². The highest BCUT2D eigenvalue weighted by Gasteiger charge is 2.44. The van der Waals surface area contributed by atoms with Gasteiger partial charge in [-0.3, -0.25) is 9.59 Å². The lowest BCUT2D eigenvalue weighted by Gasteiger charge is -2.23. The first-order chi connectivity index (χ1) is 11.9. The van der Waals surface area contributed by atoms with Crippen molar-refractivity contribution in [3.8, 4) is 0 Å². The summed E-state index contributed by atoms with van der Waals surface area (Å²) in [6.45, 7) is 0. The Balaban J connectivity index is 1.87. The molecule has 1 heterocycles. The van der Waals surface area contributed by atoms with Crippen LogP contribution in [0.1, 0.15) is 12.8 Å². The SMILES string of the molecule is O=C(Nc1ccc(F)cc1)C1CCC(=O)N1S(=O)(=O)c1ccccc1. The van der Waals surface area contributed by atoms with Gasteiger partial charge in [-0.05, 0) is 42.8 Å². The normalized spacial score (nSPS) is 17.6. The number of amides is 2. The fraction of sp³-hybridized carbons (Fsp3) is 0.176. The number of anilines is 1. The van der Waals surface area contributed by atoms with E-state index in [-0.39, 0.29) is 17.7 Å². The van der Waals surface area contributed by atoms with E-state index in [2.05, 4.69) is 5.32 Å². The van der Waals surface area contributed by atoms with E-state index in [1.807, 2.05) is 0 Å². The van der Waals surface area contributed by atoms with Gasteiger partial charge in [0.2, 0.25) is 11.8 Å². The molecule has 0 radical (unpaired) electrons. The van der Waals surface area contributed by atoms with Crippen molar-refractivity contribution in [3.63, 3.8) is 0 Å². The summed E-state index contributed by atoms with van der Waals surface area (Å²) >= 11 is 0. The van der Waals surface area contributed by atoms with Crippen LogP contribution in [0.2, 0.25) is 0 Å².